The van der Waals surface area contributed by atoms with Gasteiger partial charge >= 0.3 is 0 Å². The van der Waals surface area contributed by atoms with Crippen LogP contribution in [-0.2, 0) is 4.74 Å². The number of aromatic nitrogens is 7. The molecule has 0 N–H and O–H groups in total. The summed E-state index contributed by atoms with van der Waals surface area (Å²) < 4.78 is 23.0. The third-order valence-corrected chi connectivity index (χ3v) is 6.42. The Morgan fingerprint density at radius 2 is 1.85 bits per heavy atom. The Labute approximate surface area is 196 Å². The maximum absolute atomic E-state index is 14.8. The lowest BCUT2D eigenvalue weighted by Crippen LogP contribution is -2.43. The van der Waals surface area contributed by atoms with Gasteiger partial charge in [0, 0.05) is 30.1 Å². The summed E-state index contributed by atoms with van der Waals surface area (Å²) in [6.07, 6.45) is 8.83. The van der Waals surface area contributed by atoms with E-state index in [1.54, 1.807) is 12.3 Å². The minimum absolute atomic E-state index is 0.0470. The highest BCUT2D eigenvalue weighted by Gasteiger charge is 2.31. The summed E-state index contributed by atoms with van der Waals surface area (Å²) in [7, 11) is 0. The molecule has 1 saturated carbocycles. The lowest BCUT2D eigenvalue weighted by molar-refractivity contribution is -0.0178. The van der Waals surface area contributed by atoms with Gasteiger partial charge in [0.1, 0.15) is 17.3 Å². The van der Waals surface area contributed by atoms with Crippen molar-refractivity contribution in [3.8, 4) is 11.3 Å². The molecule has 4 aromatic rings. The Bertz CT molecular complexity index is 1380. The second-order valence-electron chi connectivity index (χ2n) is 9.12. The molecule has 10 heteroatoms. The van der Waals surface area contributed by atoms with Crippen molar-refractivity contribution in [3.05, 3.63) is 53.6 Å². The number of hydrogen-bond acceptors (Lipinski definition) is 8. The third kappa shape index (κ3) is 3.77. The van der Waals surface area contributed by atoms with Crippen LogP contribution in [0.3, 0.4) is 0 Å². The molecule has 2 atom stereocenters. The number of nitrogens with zero attached hydrogens (tertiary/aromatic N) is 8. The van der Waals surface area contributed by atoms with Crippen molar-refractivity contribution in [2.24, 2.45) is 0 Å². The molecule has 1 saturated heterocycles. The molecule has 0 spiro atoms. The first kappa shape index (κ1) is 21.0. The second-order valence-corrected chi connectivity index (χ2v) is 9.12. The summed E-state index contributed by atoms with van der Waals surface area (Å²) in [6, 6.07) is 2.12. The van der Waals surface area contributed by atoms with E-state index in [4.69, 9.17) is 14.7 Å². The van der Waals surface area contributed by atoms with Gasteiger partial charge in [0.25, 0.3) is 0 Å². The van der Waals surface area contributed by atoms with Crippen LogP contribution in [0.5, 0.6) is 0 Å². The van der Waals surface area contributed by atoms with Crippen molar-refractivity contribution in [2.45, 2.75) is 51.9 Å². The molecule has 4 aromatic heterocycles. The van der Waals surface area contributed by atoms with Crippen LogP contribution in [0.4, 0.5) is 10.3 Å². The van der Waals surface area contributed by atoms with E-state index in [9.17, 15) is 4.39 Å². The Hall–Kier alpha value is -3.53. The van der Waals surface area contributed by atoms with E-state index in [2.05, 4.69) is 31.1 Å². The third-order valence-electron chi connectivity index (χ3n) is 6.42. The van der Waals surface area contributed by atoms with Crippen molar-refractivity contribution >= 4 is 17.1 Å². The Kier molecular flexibility index (Phi) is 4.98. The van der Waals surface area contributed by atoms with Crippen LogP contribution in [0.2, 0.25) is 0 Å². The fourth-order valence-electron chi connectivity index (χ4n) is 4.35. The molecule has 2 aliphatic rings. The smallest absolute Gasteiger partial charge is 0.228 e. The van der Waals surface area contributed by atoms with Gasteiger partial charge in [-0.15, -0.1) is 0 Å². The van der Waals surface area contributed by atoms with Crippen molar-refractivity contribution in [1.82, 2.24) is 34.7 Å². The maximum Gasteiger partial charge on any atom is 0.228 e. The zero-order valence-corrected chi connectivity index (χ0v) is 19.3. The summed E-state index contributed by atoms with van der Waals surface area (Å²) in [6.45, 7) is 6.96. The van der Waals surface area contributed by atoms with Crippen molar-refractivity contribution < 1.29 is 9.13 Å². The number of fused-ring (bicyclic) bond motifs is 1. The molecule has 0 aromatic carbocycles. The summed E-state index contributed by atoms with van der Waals surface area (Å²) in [4.78, 5) is 24.8. The number of halogens is 1. The van der Waals surface area contributed by atoms with Crippen LogP contribution in [0.15, 0.2) is 30.9 Å². The molecule has 2 fully saturated rings. The van der Waals surface area contributed by atoms with E-state index in [0.29, 0.717) is 47.5 Å². The fraction of sp³-hybridized carbons (Fsp3) is 0.417. The molecule has 5 heterocycles. The van der Waals surface area contributed by atoms with Crippen molar-refractivity contribution in [3.63, 3.8) is 0 Å². The van der Waals surface area contributed by atoms with E-state index < -0.39 is 5.82 Å². The standard InChI is InChI=1S/C24H25FN8O/c1-13-10-32(12-20(34-13)16-8-27-33(11-16)17-4-5-17)24-30-21(18-6-7-26-9-19(18)25)22-23(31-24)29-15(3)14(2)28-22/h6-9,11,13,17,20H,4-5,10,12H2,1-3H3. The first-order chi connectivity index (χ1) is 16.5. The van der Waals surface area contributed by atoms with Gasteiger partial charge in [0.05, 0.1) is 42.5 Å². The molecule has 9 nitrogen and oxygen atoms in total. The first-order valence-corrected chi connectivity index (χ1v) is 11.5. The maximum atomic E-state index is 14.8. The normalized spacial score (nSPS) is 20.8. The zero-order chi connectivity index (χ0) is 23.4. The van der Waals surface area contributed by atoms with E-state index in [0.717, 1.165) is 17.0 Å². The molecular weight excluding hydrogens is 435 g/mol. The number of hydrogen-bond donors (Lipinski definition) is 0. The largest absolute Gasteiger partial charge is 0.367 e. The van der Waals surface area contributed by atoms with Crippen LogP contribution in [0.25, 0.3) is 22.4 Å². The van der Waals surface area contributed by atoms with Gasteiger partial charge in [-0.05, 0) is 39.7 Å². The number of aryl methyl sites for hydroxylation is 2. The molecular formula is C24H25FN8O. The SMILES string of the molecule is Cc1nc2nc(N3CC(C)OC(c4cnn(C5CC5)c4)C3)nc(-c3ccncc3F)c2nc1C. The number of ether oxygens (including phenoxy) is 1. The van der Waals surface area contributed by atoms with Gasteiger partial charge in [-0.1, -0.05) is 0 Å². The van der Waals surface area contributed by atoms with Crippen LogP contribution < -0.4 is 4.90 Å². The molecule has 0 radical (unpaired) electrons. The van der Waals surface area contributed by atoms with Gasteiger partial charge in [0.2, 0.25) is 5.95 Å². The minimum atomic E-state index is -0.464. The van der Waals surface area contributed by atoms with Gasteiger partial charge < -0.3 is 9.64 Å². The first-order valence-electron chi connectivity index (χ1n) is 11.5. The van der Waals surface area contributed by atoms with E-state index >= 15 is 0 Å². The molecule has 2 unspecified atom stereocenters. The second kappa shape index (κ2) is 8.05. The van der Waals surface area contributed by atoms with Crippen LogP contribution >= 0.6 is 0 Å². The van der Waals surface area contributed by atoms with Crippen LogP contribution in [-0.4, -0.2) is 53.9 Å². The number of rotatable bonds is 4. The Morgan fingerprint density at radius 3 is 2.65 bits per heavy atom. The van der Waals surface area contributed by atoms with E-state index in [-0.39, 0.29) is 12.2 Å². The lowest BCUT2D eigenvalue weighted by atomic mass is 10.1. The molecule has 174 valence electrons. The number of pyridine rings is 1. The van der Waals surface area contributed by atoms with Crippen molar-refractivity contribution in [2.75, 3.05) is 18.0 Å². The average molecular weight is 461 g/mol. The topological polar surface area (TPSA) is 94.7 Å². The molecule has 1 aliphatic carbocycles. The summed E-state index contributed by atoms with van der Waals surface area (Å²) in [5.41, 5.74) is 4.22. The molecule has 1 aliphatic heterocycles. The summed E-state index contributed by atoms with van der Waals surface area (Å²) in [5, 5.41) is 4.52. The number of morpholine rings is 1. The average Bonchev–Trinajstić information content (AvgIpc) is 3.55. The van der Waals surface area contributed by atoms with Gasteiger partial charge in [-0.25, -0.2) is 19.3 Å². The van der Waals surface area contributed by atoms with E-state index in [1.165, 1.54) is 19.0 Å². The molecule has 6 rings (SSSR count). The monoisotopic (exact) mass is 460 g/mol. The highest BCUT2D eigenvalue weighted by molar-refractivity contribution is 5.88. The summed E-state index contributed by atoms with van der Waals surface area (Å²) >= 11 is 0. The van der Waals surface area contributed by atoms with Gasteiger partial charge in [0.15, 0.2) is 11.5 Å². The zero-order valence-electron chi connectivity index (χ0n) is 19.3. The molecule has 34 heavy (non-hydrogen) atoms. The Balaban J connectivity index is 1.43. The lowest BCUT2D eigenvalue weighted by Gasteiger charge is -2.36. The Morgan fingerprint density at radius 1 is 1.03 bits per heavy atom. The quantitative estimate of drug-likeness (QED) is 0.455. The summed E-state index contributed by atoms with van der Waals surface area (Å²) in [5.74, 6) is 0.0141. The van der Waals surface area contributed by atoms with Crippen LogP contribution in [0, 0.1) is 19.7 Å². The minimum Gasteiger partial charge on any atom is -0.367 e. The van der Waals surface area contributed by atoms with Crippen LogP contribution in [0.1, 0.15) is 48.9 Å². The van der Waals surface area contributed by atoms with Crippen molar-refractivity contribution in [1.29, 1.82) is 0 Å². The highest BCUT2D eigenvalue weighted by Crippen LogP contribution is 2.36. The number of anilines is 1. The van der Waals surface area contributed by atoms with Gasteiger partial charge in [-0.2, -0.15) is 10.1 Å². The fourth-order valence-corrected chi connectivity index (χ4v) is 4.35. The van der Waals surface area contributed by atoms with Gasteiger partial charge in [-0.3, -0.25) is 9.67 Å². The molecule has 0 bridgehead atoms. The van der Waals surface area contributed by atoms with E-state index in [1.807, 2.05) is 31.6 Å². The predicted molar refractivity (Wildman–Crippen MR) is 124 cm³/mol. The predicted octanol–water partition coefficient (Wildman–Crippen LogP) is 3.74. The molecule has 0 amide bonds. The highest BCUT2D eigenvalue weighted by atomic mass is 19.1.